The Hall–Kier alpha value is -1.89. The number of aliphatic carboxylic acids is 1. The van der Waals surface area contributed by atoms with Crippen LogP contribution in [0.3, 0.4) is 0 Å². The largest absolute Gasteiger partial charge is 0.481 e. The molecule has 0 unspecified atom stereocenters. The smallest absolute Gasteiger partial charge is 0.341 e. The molecule has 0 aromatic carbocycles. The SMILES string of the molecule is CCC(C)(C)[C@@H]1CCc2c(sc(NC(=O)[C@@H]3CCCC[C@@H]3C(=O)O)c2C(=O)OC)C1. The Bertz CT molecular complexity index is 828. The topological polar surface area (TPSA) is 92.7 Å². The molecule has 1 heterocycles. The van der Waals surface area contributed by atoms with E-state index in [1.165, 1.54) is 18.4 Å². The van der Waals surface area contributed by atoms with Crippen molar-refractivity contribution in [2.24, 2.45) is 23.2 Å². The molecule has 7 heteroatoms. The Kier molecular flexibility index (Phi) is 6.90. The molecule has 3 atom stereocenters. The van der Waals surface area contributed by atoms with Gasteiger partial charge in [-0.1, -0.05) is 40.0 Å². The Balaban J connectivity index is 1.89. The van der Waals surface area contributed by atoms with Gasteiger partial charge in [0.2, 0.25) is 5.91 Å². The number of carboxylic acids is 1. The number of carboxylic acid groups (broad SMARTS) is 1. The molecular formula is C23H33NO5S. The second kappa shape index (κ2) is 9.08. The van der Waals surface area contributed by atoms with Gasteiger partial charge < -0.3 is 15.2 Å². The molecule has 0 aliphatic heterocycles. The number of amides is 1. The Morgan fingerprint density at radius 2 is 1.83 bits per heavy atom. The number of esters is 1. The van der Waals surface area contributed by atoms with E-state index in [4.69, 9.17) is 4.74 Å². The van der Waals surface area contributed by atoms with E-state index in [0.29, 0.717) is 29.3 Å². The van der Waals surface area contributed by atoms with Crippen LogP contribution < -0.4 is 5.32 Å². The monoisotopic (exact) mass is 435 g/mol. The summed E-state index contributed by atoms with van der Waals surface area (Å²) in [5.74, 6) is -2.35. The Morgan fingerprint density at radius 3 is 2.43 bits per heavy atom. The van der Waals surface area contributed by atoms with Gasteiger partial charge in [0.05, 0.1) is 24.5 Å². The number of nitrogens with one attached hydrogen (secondary N) is 1. The van der Waals surface area contributed by atoms with Crippen molar-refractivity contribution in [1.29, 1.82) is 0 Å². The summed E-state index contributed by atoms with van der Waals surface area (Å²) in [5, 5.41) is 13.0. The molecular weight excluding hydrogens is 402 g/mol. The van der Waals surface area contributed by atoms with Crippen LogP contribution in [-0.2, 0) is 27.2 Å². The molecule has 6 nitrogen and oxygen atoms in total. The average Bonchev–Trinajstić information content (AvgIpc) is 3.09. The lowest BCUT2D eigenvalue weighted by molar-refractivity contribution is -0.147. The quantitative estimate of drug-likeness (QED) is 0.620. The summed E-state index contributed by atoms with van der Waals surface area (Å²) in [5.41, 5.74) is 1.66. The first kappa shape index (κ1) is 22.8. The van der Waals surface area contributed by atoms with Crippen molar-refractivity contribution in [3.63, 3.8) is 0 Å². The van der Waals surface area contributed by atoms with Crippen molar-refractivity contribution in [3.05, 3.63) is 16.0 Å². The van der Waals surface area contributed by atoms with Gasteiger partial charge in [-0.15, -0.1) is 11.3 Å². The van der Waals surface area contributed by atoms with E-state index >= 15 is 0 Å². The van der Waals surface area contributed by atoms with Crippen LogP contribution in [0.4, 0.5) is 5.00 Å². The lowest BCUT2D eigenvalue weighted by atomic mass is 9.69. The van der Waals surface area contributed by atoms with E-state index in [1.807, 2.05) is 0 Å². The fourth-order valence-electron chi connectivity index (χ4n) is 4.89. The molecule has 166 valence electrons. The summed E-state index contributed by atoms with van der Waals surface area (Å²) in [7, 11) is 1.35. The van der Waals surface area contributed by atoms with Crippen LogP contribution in [0.1, 0.15) is 80.1 Å². The van der Waals surface area contributed by atoms with E-state index in [0.717, 1.165) is 49.0 Å². The van der Waals surface area contributed by atoms with E-state index in [1.54, 1.807) is 0 Å². The third-order valence-electron chi connectivity index (χ3n) is 7.33. The van der Waals surface area contributed by atoms with E-state index in [9.17, 15) is 19.5 Å². The zero-order chi connectivity index (χ0) is 22.1. The number of hydrogen-bond donors (Lipinski definition) is 2. The Labute approximate surface area is 182 Å². The van der Waals surface area contributed by atoms with E-state index in [-0.39, 0.29) is 11.3 Å². The maximum Gasteiger partial charge on any atom is 0.341 e. The van der Waals surface area contributed by atoms with Crippen molar-refractivity contribution in [3.8, 4) is 0 Å². The van der Waals surface area contributed by atoms with Crippen molar-refractivity contribution < 1.29 is 24.2 Å². The minimum Gasteiger partial charge on any atom is -0.481 e. The number of thiophene rings is 1. The van der Waals surface area contributed by atoms with Crippen LogP contribution in [0, 0.1) is 23.2 Å². The number of rotatable bonds is 6. The molecule has 1 amide bonds. The van der Waals surface area contributed by atoms with Crippen LogP contribution in [-0.4, -0.2) is 30.1 Å². The summed E-state index contributed by atoms with van der Waals surface area (Å²) in [4.78, 5) is 38.3. The number of ether oxygens (including phenoxy) is 1. The first-order valence-electron chi connectivity index (χ1n) is 11.0. The fraction of sp³-hybridized carbons (Fsp3) is 0.696. The molecule has 1 saturated carbocycles. The van der Waals surface area contributed by atoms with Gasteiger partial charge in [0.25, 0.3) is 0 Å². The van der Waals surface area contributed by atoms with Crippen LogP contribution in [0.15, 0.2) is 0 Å². The summed E-state index contributed by atoms with van der Waals surface area (Å²) < 4.78 is 5.03. The predicted molar refractivity (Wildman–Crippen MR) is 117 cm³/mol. The summed E-state index contributed by atoms with van der Waals surface area (Å²) in [6.45, 7) is 6.78. The Morgan fingerprint density at radius 1 is 1.17 bits per heavy atom. The second-order valence-electron chi connectivity index (χ2n) is 9.31. The number of hydrogen-bond acceptors (Lipinski definition) is 5. The third kappa shape index (κ3) is 4.41. The standard InChI is InChI=1S/C23H33NO5S/c1-5-23(2,3)13-10-11-16-17(12-13)30-20(18(16)22(28)29-4)24-19(25)14-8-6-7-9-15(14)21(26)27/h13-15H,5-12H2,1-4H3,(H,24,25)(H,26,27)/t13-,14-,15+/m1/s1. The molecule has 2 aliphatic carbocycles. The highest BCUT2D eigenvalue weighted by Gasteiger charge is 2.38. The number of anilines is 1. The number of methoxy groups -OCH3 is 1. The first-order chi connectivity index (χ1) is 14.2. The molecule has 2 aliphatic rings. The van der Waals surface area contributed by atoms with Gasteiger partial charge >= 0.3 is 11.9 Å². The zero-order valence-corrected chi connectivity index (χ0v) is 19.2. The van der Waals surface area contributed by atoms with E-state index in [2.05, 4.69) is 26.1 Å². The molecule has 0 saturated heterocycles. The highest BCUT2D eigenvalue weighted by Crippen LogP contribution is 2.46. The number of fused-ring (bicyclic) bond motifs is 1. The minimum absolute atomic E-state index is 0.216. The molecule has 1 fully saturated rings. The third-order valence-corrected chi connectivity index (χ3v) is 8.50. The maximum atomic E-state index is 13.0. The van der Waals surface area contributed by atoms with Gasteiger partial charge in [-0.05, 0) is 49.0 Å². The predicted octanol–water partition coefficient (Wildman–Crippen LogP) is 4.91. The van der Waals surface area contributed by atoms with Crippen LogP contribution in [0.5, 0.6) is 0 Å². The van der Waals surface area contributed by atoms with Gasteiger partial charge in [-0.2, -0.15) is 0 Å². The van der Waals surface area contributed by atoms with Crippen molar-refractivity contribution >= 4 is 34.2 Å². The summed E-state index contributed by atoms with van der Waals surface area (Å²) in [6, 6.07) is 0. The summed E-state index contributed by atoms with van der Waals surface area (Å²) >= 11 is 1.46. The average molecular weight is 436 g/mol. The summed E-state index contributed by atoms with van der Waals surface area (Å²) in [6.07, 6.45) is 6.54. The van der Waals surface area contributed by atoms with Crippen LogP contribution in [0.2, 0.25) is 0 Å². The first-order valence-corrected chi connectivity index (χ1v) is 11.8. The van der Waals surface area contributed by atoms with Gasteiger partial charge in [-0.25, -0.2) is 4.79 Å². The second-order valence-corrected chi connectivity index (χ2v) is 10.4. The molecule has 0 spiro atoms. The van der Waals surface area contributed by atoms with Gasteiger partial charge in [0.15, 0.2) is 0 Å². The minimum atomic E-state index is -0.918. The molecule has 3 rings (SSSR count). The highest BCUT2D eigenvalue weighted by atomic mass is 32.1. The molecule has 30 heavy (non-hydrogen) atoms. The van der Waals surface area contributed by atoms with Crippen LogP contribution >= 0.6 is 11.3 Å². The molecule has 1 aromatic rings. The van der Waals surface area contributed by atoms with Crippen molar-refractivity contribution in [1.82, 2.24) is 0 Å². The number of carbonyl (C=O) groups excluding carboxylic acids is 2. The van der Waals surface area contributed by atoms with Gasteiger partial charge in [0.1, 0.15) is 5.00 Å². The molecule has 0 radical (unpaired) electrons. The highest BCUT2D eigenvalue weighted by molar-refractivity contribution is 7.17. The van der Waals surface area contributed by atoms with E-state index < -0.39 is 23.8 Å². The normalized spacial score (nSPS) is 24.1. The lowest BCUT2D eigenvalue weighted by Gasteiger charge is -2.36. The zero-order valence-electron chi connectivity index (χ0n) is 18.4. The molecule has 1 aromatic heterocycles. The molecule has 2 N–H and O–H groups in total. The van der Waals surface area contributed by atoms with Crippen molar-refractivity contribution in [2.75, 3.05) is 12.4 Å². The van der Waals surface area contributed by atoms with Crippen molar-refractivity contribution in [2.45, 2.75) is 72.1 Å². The molecule has 0 bridgehead atoms. The number of carbonyl (C=O) groups is 3. The maximum absolute atomic E-state index is 13.0. The lowest BCUT2D eigenvalue weighted by Crippen LogP contribution is -2.36. The van der Waals surface area contributed by atoms with Gasteiger partial charge in [0, 0.05) is 4.88 Å². The van der Waals surface area contributed by atoms with Gasteiger partial charge in [-0.3, -0.25) is 9.59 Å². The fourth-order valence-corrected chi connectivity index (χ4v) is 6.21. The van der Waals surface area contributed by atoms with Crippen LogP contribution in [0.25, 0.3) is 0 Å².